The van der Waals surface area contributed by atoms with Gasteiger partial charge in [0.1, 0.15) is 0 Å². The number of hydrogen-bond acceptors (Lipinski definition) is 1. The van der Waals surface area contributed by atoms with Crippen LogP contribution in [0, 0.1) is 11.6 Å². The summed E-state index contributed by atoms with van der Waals surface area (Å²) in [4.78, 5) is 0. The smallest absolute Gasteiger partial charge is 0.162 e. The standard InChI is InChI=1S/C14H10BrClF2O/c15-11-7-9(16)4-5-10(11)13(19)6-8-2-1-3-12(17)14(8)18/h1-5,7,13,19H,6H2. The Kier molecular flexibility index (Phi) is 4.55. The van der Waals surface area contributed by atoms with Crippen LogP contribution in [0.5, 0.6) is 0 Å². The van der Waals surface area contributed by atoms with Crippen molar-refractivity contribution in [2.45, 2.75) is 12.5 Å². The Labute approximate surface area is 123 Å². The van der Waals surface area contributed by atoms with Gasteiger partial charge in [-0.25, -0.2) is 8.78 Å². The fourth-order valence-electron chi connectivity index (χ4n) is 1.80. The van der Waals surface area contributed by atoms with Crippen molar-refractivity contribution in [2.24, 2.45) is 0 Å². The van der Waals surface area contributed by atoms with Crippen LogP contribution in [-0.4, -0.2) is 5.11 Å². The van der Waals surface area contributed by atoms with Gasteiger partial charge < -0.3 is 5.11 Å². The van der Waals surface area contributed by atoms with Gasteiger partial charge in [0.05, 0.1) is 6.10 Å². The number of halogens is 4. The molecule has 2 rings (SSSR count). The van der Waals surface area contributed by atoms with Gasteiger partial charge in [-0.3, -0.25) is 0 Å². The van der Waals surface area contributed by atoms with Gasteiger partial charge in [0.2, 0.25) is 0 Å². The summed E-state index contributed by atoms with van der Waals surface area (Å²) in [5.74, 6) is -1.84. The molecule has 0 saturated carbocycles. The van der Waals surface area contributed by atoms with Crippen LogP contribution < -0.4 is 0 Å². The summed E-state index contributed by atoms with van der Waals surface area (Å²) in [6.45, 7) is 0. The molecule has 0 saturated heterocycles. The molecule has 1 N–H and O–H groups in total. The van der Waals surface area contributed by atoms with E-state index in [0.29, 0.717) is 15.1 Å². The van der Waals surface area contributed by atoms with Crippen molar-refractivity contribution in [3.05, 3.63) is 68.7 Å². The van der Waals surface area contributed by atoms with Crippen LogP contribution >= 0.6 is 27.5 Å². The lowest BCUT2D eigenvalue weighted by Gasteiger charge is -2.14. The minimum atomic E-state index is -0.942. The molecule has 0 aromatic heterocycles. The second kappa shape index (κ2) is 5.99. The summed E-state index contributed by atoms with van der Waals surface area (Å²) in [5, 5.41) is 10.6. The number of aliphatic hydroxyl groups is 1. The lowest BCUT2D eigenvalue weighted by Crippen LogP contribution is -2.05. The van der Waals surface area contributed by atoms with E-state index in [9.17, 15) is 13.9 Å². The van der Waals surface area contributed by atoms with Crippen molar-refractivity contribution in [2.75, 3.05) is 0 Å². The van der Waals surface area contributed by atoms with Crippen molar-refractivity contribution in [3.8, 4) is 0 Å². The largest absolute Gasteiger partial charge is 0.388 e. The molecule has 0 radical (unpaired) electrons. The monoisotopic (exact) mass is 346 g/mol. The molecule has 2 aromatic carbocycles. The molecule has 0 amide bonds. The molecule has 0 bridgehead atoms. The maximum absolute atomic E-state index is 13.5. The zero-order valence-electron chi connectivity index (χ0n) is 9.71. The summed E-state index contributed by atoms with van der Waals surface area (Å²) in [7, 11) is 0. The van der Waals surface area contributed by atoms with Crippen LogP contribution in [0.3, 0.4) is 0 Å². The van der Waals surface area contributed by atoms with Gasteiger partial charge in [-0.05, 0) is 29.3 Å². The molecule has 0 fully saturated rings. The quantitative estimate of drug-likeness (QED) is 0.856. The third-order valence-corrected chi connectivity index (χ3v) is 3.69. The van der Waals surface area contributed by atoms with Crippen LogP contribution in [0.1, 0.15) is 17.2 Å². The van der Waals surface area contributed by atoms with Crippen molar-refractivity contribution < 1.29 is 13.9 Å². The summed E-state index contributed by atoms with van der Waals surface area (Å²) in [6, 6.07) is 8.83. The van der Waals surface area contributed by atoms with E-state index in [1.54, 1.807) is 18.2 Å². The van der Waals surface area contributed by atoms with Gasteiger partial charge in [-0.15, -0.1) is 0 Å². The molecule has 100 valence electrons. The van der Waals surface area contributed by atoms with Crippen LogP contribution in [0.15, 0.2) is 40.9 Å². The van der Waals surface area contributed by atoms with Crippen molar-refractivity contribution >= 4 is 27.5 Å². The van der Waals surface area contributed by atoms with E-state index in [4.69, 9.17) is 11.6 Å². The van der Waals surface area contributed by atoms with Gasteiger partial charge in [-0.2, -0.15) is 0 Å². The average Bonchev–Trinajstić information content (AvgIpc) is 2.34. The van der Waals surface area contributed by atoms with E-state index in [0.717, 1.165) is 6.07 Å². The van der Waals surface area contributed by atoms with Crippen LogP contribution in [0.2, 0.25) is 5.02 Å². The van der Waals surface area contributed by atoms with Gasteiger partial charge in [-0.1, -0.05) is 45.7 Å². The molecule has 1 unspecified atom stereocenters. The molecular formula is C14H10BrClF2O. The third-order valence-electron chi connectivity index (χ3n) is 2.77. The highest BCUT2D eigenvalue weighted by atomic mass is 79.9. The van der Waals surface area contributed by atoms with Gasteiger partial charge in [0.15, 0.2) is 11.6 Å². The number of rotatable bonds is 3. The predicted octanol–water partition coefficient (Wildman–Crippen LogP) is 4.66. The van der Waals surface area contributed by atoms with Gasteiger partial charge >= 0.3 is 0 Å². The summed E-state index contributed by atoms with van der Waals surface area (Å²) < 4.78 is 27.2. The highest BCUT2D eigenvalue weighted by Crippen LogP contribution is 2.29. The first-order valence-corrected chi connectivity index (χ1v) is 6.72. The summed E-state index contributed by atoms with van der Waals surface area (Å²) in [5.41, 5.74) is 0.711. The van der Waals surface area contributed by atoms with Crippen LogP contribution in [0.4, 0.5) is 8.78 Å². The molecule has 2 aromatic rings. The van der Waals surface area contributed by atoms with Crippen LogP contribution in [-0.2, 0) is 6.42 Å². The highest BCUT2D eigenvalue weighted by molar-refractivity contribution is 9.10. The molecule has 0 spiro atoms. The van der Waals surface area contributed by atoms with E-state index < -0.39 is 17.7 Å². The maximum Gasteiger partial charge on any atom is 0.162 e. The zero-order chi connectivity index (χ0) is 14.0. The van der Waals surface area contributed by atoms with Crippen molar-refractivity contribution in [1.82, 2.24) is 0 Å². The molecule has 1 nitrogen and oxygen atoms in total. The number of hydrogen-bond donors (Lipinski definition) is 1. The molecule has 0 aliphatic heterocycles. The first-order chi connectivity index (χ1) is 8.99. The van der Waals surface area contributed by atoms with Crippen molar-refractivity contribution in [1.29, 1.82) is 0 Å². The Morgan fingerprint density at radius 2 is 1.95 bits per heavy atom. The Morgan fingerprint density at radius 1 is 1.21 bits per heavy atom. The number of benzene rings is 2. The van der Waals surface area contributed by atoms with E-state index in [1.165, 1.54) is 12.1 Å². The minimum Gasteiger partial charge on any atom is -0.388 e. The highest BCUT2D eigenvalue weighted by Gasteiger charge is 2.16. The summed E-state index contributed by atoms with van der Waals surface area (Å²) >= 11 is 9.09. The fourth-order valence-corrected chi connectivity index (χ4v) is 2.74. The molecule has 0 aliphatic carbocycles. The maximum atomic E-state index is 13.5. The average molecular weight is 348 g/mol. The second-order valence-electron chi connectivity index (χ2n) is 4.10. The SMILES string of the molecule is OC(Cc1cccc(F)c1F)c1ccc(Cl)cc1Br. The summed E-state index contributed by atoms with van der Waals surface area (Å²) in [6.07, 6.45) is -0.952. The van der Waals surface area contributed by atoms with Gasteiger partial charge in [0, 0.05) is 15.9 Å². The molecule has 0 aliphatic rings. The normalized spacial score (nSPS) is 12.5. The topological polar surface area (TPSA) is 20.2 Å². The Hall–Kier alpha value is -0.970. The Bertz CT molecular complexity index is 604. The third kappa shape index (κ3) is 3.32. The fraction of sp³-hybridized carbons (Fsp3) is 0.143. The lowest BCUT2D eigenvalue weighted by molar-refractivity contribution is 0.176. The zero-order valence-corrected chi connectivity index (χ0v) is 12.0. The lowest BCUT2D eigenvalue weighted by atomic mass is 10.0. The van der Waals surface area contributed by atoms with E-state index >= 15 is 0 Å². The Balaban J connectivity index is 2.25. The minimum absolute atomic E-state index is 0.0101. The number of aliphatic hydroxyl groups excluding tert-OH is 1. The molecule has 19 heavy (non-hydrogen) atoms. The van der Waals surface area contributed by atoms with Crippen LogP contribution in [0.25, 0.3) is 0 Å². The van der Waals surface area contributed by atoms with E-state index in [2.05, 4.69) is 15.9 Å². The first-order valence-electron chi connectivity index (χ1n) is 5.55. The molecule has 5 heteroatoms. The Morgan fingerprint density at radius 3 is 2.63 bits per heavy atom. The molecular weight excluding hydrogens is 338 g/mol. The second-order valence-corrected chi connectivity index (χ2v) is 5.39. The van der Waals surface area contributed by atoms with E-state index in [1.807, 2.05) is 0 Å². The van der Waals surface area contributed by atoms with E-state index in [-0.39, 0.29) is 12.0 Å². The van der Waals surface area contributed by atoms with Gasteiger partial charge in [0.25, 0.3) is 0 Å². The predicted molar refractivity (Wildman–Crippen MR) is 74.2 cm³/mol. The molecule has 0 heterocycles. The van der Waals surface area contributed by atoms with Crippen molar-refractivity contribution in [3.63, 3.8) is 0 Å². The molecule has 1 atom stereocenters. The first kappa shape index (κ1) is 14.4.